The van der Waals surface area contributed by atoms with Crippen LogP contribution in [-0.2, 0) is 0 Å². The Labute approximate surface area is 93.6 Å². The number of hydrogen-bond acceptors (Lipinski definition) is 3. The monoisotopic (exact) mass is 218 g/mol. The molecule has 1 amide bonds. The van der Waals surface area contributed by atoms with E-state index in [9.17, 15) is 4.79 Å². The van der Waals surface area contributed by atoms with Gasteiger partial charge in [-0.05, 0) is 31.2 Å². The van der Waals surface area contributed by atoms with Crippen LogP contribution >= 0.6 is 0 Å². The van der Waals surface area contributed by atoms with E-state index < -0.39 is 5.91 Å². The van der Waals surface area contributed by atoms with E-state index >= 15 is 0 Å². The minimum Gasteiger partial charge on any atom is -0.402 e. The van der Waals surface area contributed by atoms with Gasteiger partial charge in [0.05, 0.1) is 5.69 Å². The molecule has 5 nitrogen and oxygen atoms in total. The van der Waals surface area contributed by atoms with Crippen molar-refractivity contribution >= 4 is 17.4 Å². The van der Waals surface area contributed by atoms with Gasteiger partial charge in [0.25, 0.3) is 0 Å². The molecule has 0 saturated heterocycles. The van der Waals surface area contributed by atoms with Crippen molar-refractivity contribution in [3.8, 4) is 0 Å². The van der Waals surface area contributed by atoms with Crippen LogP contribution in [0.3, 0.4) is 0 Å². The van der Waals surface area contributed by atoms with Crippen LogP contribution in [0.5, 0.6) is 0 Å². The molecule has 84 valence electrons. The lowest BCUT2D eigenvalue weighted by Crippen LogP contribution is -2.11. The lowest BCUT2D eigenvalue weighted by molar-refractivity contribution is 0.100. The van der Waals surface area contributed by atoms with Crippen molar-refractivity contribution in [2.75, 3.05) is 0 Å². The predicted molar refractivity (Wildman–Crippen MR) is 64.2 cm³/mol. The molecular weight excluding hydrogens is 204 g/mol. The predicted octanol–water partition coefficient (Wildman–Crippen LogP) is 0.637. The van der Waals surface area contributed by atoms with Crippen molar-refractivity contribution in [3.05, 3.63) is 41.6 Å². The van der Waals surface area contributed by atoms with E-state index in [1.807, 2.05) is 0 Å². The first kappa shape index (κ1) is 11.8. The van der Waals surface area contributed by atoms with Gasteiger partial charge in [0.1, 0.15) is 5.84 Å². The zero-order chi connectivity index (χ0) is 12.1. The Hall–Kier alpha value is -2.30. The van der Waals surface area contributed by atoms with Gasteiger partial charge < -0.3 is 17.2 Å². The molecule has 0 saturated carbocycles. The van der Waals surface area contributed by atoms with Crippen LogP contribution in [0.4, 0.5) is 5.69 Å². The summed E-state index contributed by atoms with van der Waals surface area (Å²) in [6.45, 7) is 1.71. The van der Waals surface area contributed by atoms with Gasteiger partial charge in [0.15, 0.2) is 0 Å². The minimum atomic E-state index is -0.499. The van der Waals surface area contributed by atoms with Gasteiger partial charge in [-0.25, -0.2) is 4.99 Å². The lowest BCUT2D eigenvalue weighted by atomic mass is 10.2. The van der Waals surface area contributed by atoms with E-state index in [1.54, 1.807) is 31.2 Å². The number of aliphatic imine (C=N–C) groups is 1. The molecule has 0 aliphatic heterocycles. The summed E-state index contributed by atoms with van der Waals surface area (Å²) >= 11 is 0. The second-order valence-corrected chi connectivity index (χ2v) is 3.34. The number of carbonyl (C=O) groups is 1. The summed E-state index contributed by atoms with van der Waals surface area (Å²) in [5, 5.41) is 0. The second kappa shape index (κ2) is 4.97. The van der Waals surface area contributed by atoms with Crippen molar-refractivity contribution < 1.29 is 4.79 Å². The topological polar surface area (TPSA) is 107 Å². The van der Waals surface area contributed by atoms with Gasteiger partial charge in [0.2, 0.25) is 5.91 Å². The van der Waals surface area contributed by atoms with Gasteiger partial charge in [-0.3, -0.25) is 4.79 Å². The minimum absolute atomic E-state index is 0.279. The lowest BCUT2D eigenvalue weighted by Gasteiger charge is -1.99. The molecule has 0 heterocycles. The zero-order valence-corrected chi connectivity index (χ0v) is 8.97. The highest BCUT2D eigenvalue weighted by molar-refractivity contribution is 5.96. The fourth-order valence-corrected chi connectivity index (χ4v) is 1.14. The van der Waals surface area contributed by atoms with E-state index in [2.05, 4.69) is 4.99 Å². The first-order valence-corrected chi connectivity index (χ1v) is 4.67. The van der Waals surface area contributed by atoms with Gasteiger partial charge in [-0.1, -0.05) is 6.07 Å². The van der Waals surface area contributed by atoms with E-state index in [-0.39, 0.29) is 5.84 Å². The third-order valence-electron chi connectivity index (χ3n) is 1.76. The molecule has 0 spiro atoms. The highest BCUT2D eigenvalue weighted by Gasteiger charge is 2.00. The molecule has 0 aromatic heterocycles. The summed E-state index contributed by atoms with van der Waals surface area (Å²) in [6, 6.07) is 6.58. The Morgan fingerprint density at radius 1 is 1.31 bits per heavy atom. The molecule has 1 aromatic rings. The number of rotatable bonds is 3. The zero-order valence-electron chi connectivity index (χ0n) is 8.97. The van der Waals surface area contributed by atoms with Crippen LogP contribution in [-0.4, -0.2) is 11.7 Å². The fraction of sp³-hybridized carbons (Fsp3) is 0.0909. The number of hydrogen-bond donors (Lipinski definition) is 3. The third-order valence-corrected chi connectivity index (χ3v) is 1.76. The number of carbonyl (C=O) groups excluding carboxylic acids is 1. The summed E-state index contributed by atoms with van der Waals surface area (Å²) < 4.78 is 0. The van der Waals surface area contributed by atoms with Crippen LogP contribution in [0.2, 0.25) is 0 Å². The Balaban J connectivity index is 3.02. The molecular formula is C11H14N4O. The third kappa shape index (κ3) is 3.45. The largest absolute Gasteiger partial charge is 0.402 e. The Morgan fingerprint density at radius 2 is 2.00 bits per heavy atom. The summed E-state index contributed by atoms with van der Waals surface area (Å²) in [5.41, 5.74) is 17.7. The standard InChI is InChI=1S/C11H14N4O/c1-7(12)5-10(13)15-9-4-2-3-8(6-9)11(14)16/h2-6H,12H2,1H3,(H2,13,15)(H2,14,16). The average molecular weight is 218 g/mol. The van der Waals surface area contributed by atoms with Gasteiger partial charge in [-0.2, -0.15) is 0 Å². The van der Waals surface area contributed by atoms with E-state index in [0.29, 0.717) is 16.9 Å². The fourth-order valence-electron chi connectivity index (χ4n) is 1.14. The van der Waals surface area contributed by atoms with Crippen molar-refractivity contribution in [2.45, 2.75) is 6.92 Å². The summed E-state index contributed by atoms with van der Waals surface area (Å²) in [6.07, 6.45) is 1.54. The molecule has 0 unspecified atom stereocenters. The van der Waals surface area contributed by atoms with Gasteiger partial charge >= 0.3 is 0 Å². The molecule has 16 heavy (non-hydrogen) atoms. The number of allylic oxidation sites excluding steroid dienone is 1. The summed E-state index contributed by atoms with van der Waals surface area (Å²) in [5.74, 6) is -0.220. The molecule has 5 heteroatoms. The van der Waals surface area contributed by atoms with Gasteiger partial charge in [0, 0.05) is 11.3 Å². The highest BCUT2D eigenvalue weighted by atomic mass is 16.1. The molecule has 0 atom stereocenters. The Kier molecular flexibility index (Phi) is 3.66. The summed E-state index contributed by atoms with van der Waals surface area (Å²) in [7, 11) is 0. The van der Waals surface area contributed by atoms with Crippen molar-refractivity contribution in [1.82, 2.24) is 0 Å². The molecule has 0 aliphatic rings. The van der Waals surface area contributed by atoms with Crippen molar-refractivity contribution in [1.29, 1.82) is 0 Å². The maximum atomic E-state index is 10.9. The number of amides is 1. The van der Waals surface area contributed by atoms with E-state index in [1.165, 1.54) is 6.08 Å². The maximum Gasteiger partial charge on any atom is 0.248 e. The van der Waals surface area contributed by atoms with Crippen LogP contribution in [0.15, 0.2) is 41.0 Å². The van der Waals surface area contributed by atoms with E-state index in [0.717, 1.165) is 0 Å². The van der Waals surface area contributed by atoms with Crippen LogP contribution in [0, 0.1) is 0 Å². The number of nitrogens with two attached hydrogens (primary N) is 3. The number of nitrogens with zero attached hydrogens (tertiary/aromatic N) is 1. The van der Waals surface area contributed by atoms with E-state index in [4.69, 9.17) is 17.2 Å². The van der Waals surface area contributed by atoms with Crippen molar-refractivity contribution in [3.63, 3.8) is 0 Å². The number of benzene rings is 1. The van der Waals surface area contributed by atoms with Crippen LogP contribution < -0.4 is 17.2 Å². The van der Waals surface area contributed by atoms with Crippen molar-refractivity contribution in [2.24, 2.45) is 22.2 Å². The second-order valence-electron chi connectivity index (χ2n) is 3.34. The molecule has 0 aliphatic carbocycles. The molecule has 6 N–H and O–H groups in total. The molecule has 0 radical (unpaired) electrons. The normalized spacial score (nSPS) is 12.6. The first-order valence-electron chi connectivity index (χ1n) is 4.67. The molecule has 1 rings (SSSR count). The van der Waals surface area contributed by atoms with Crippen LogP contribution in [0.1, 0.15) is 17.3 Å². The van der Waals surface area contributed by atoms with Crippen LogP contribution in [0.25, 0.3) is 0 Å². The number of primary amides is 1. The molecule has 1 aromatic carbocycles. The smallest absolute Gasteiger partial charge is 0.248 e. The summed E-state index contributed by atoms with van der Waals surface area (Å²) in [4.78, 5) is 15.0. The first-order chi connectivity index (χ1) is 7.49. The maximum absolute atomic E-state index is 10.9. The highest BCUT2D eigenvalue weighted by Crippen LogP contribution is 2.13. The molecule has 0 bridgehead atoms. The molecule has 0 fully saturated rings. The quantitative estimate of drug-likeness (QED) is 0.511. The Morgan fingerprint density at radius 3 is 2.56 bits per heavy atom. The SMILES string of the molecule is CC(N)=CC(N)=Nc1cccc(C(N)=O)c1. The van der Waals surface area contributed by atoms with Gasteiger partial charge in [-0.15, -0.1) is 0 Å². The Bertz CT molecular complexity index is 459. The number of amidine groups is 1. The average Bonchev–Trinajstić information content (AvgIpc) is 2.16.